The monoisotopic (exact) mass is 462 g/mol. The summed E-state index contributed by atoms with van der Waals surface area (Å²) in [5.41, 5.74) is 0.454. The lowest BCUT2D eigenvalue weighted by molar-refractivity contribution is -0.143. The third-order valence-corrected chi connectivity index (χ3v) is 6.15. The topological polar surface area (TPSA) is 85.2 Å². The molecule has 0 bridgehead atoms. The van der Waals surface area contributed by atoms with E-state index in [0.717, 1.165) is 16.9 Å². The van der Waals surface area contributed by atoms with Gasteiger partial charge in [-0.3, -0.25) is 4.79 Å². The second-order valence-electron chi connectivity index (χ2n) is 9.70. The minimum atomic E-state index is -1.30. The fourth-order valence-electron chi connectivity index (χ4n) is 4.15. The molecule has 3 aromatic carbocycles. The van der Waals surface area contributed by atoms with Gasteiger partial charge in [0.05, 0.1) is 25.0 Å². The molecule has 2 N–H and O–H groups in total. The maximum absolute atomic E-state index is 12.3. The Balaban J connectivity index is 1.74. The number of ether oxygens (including phenoxy) is 3. The first-order valence-electron chi connectivity index (χ1n) is 11.2. The number of benzene rings is 3. The largest absolute Gasteiger partial charge is 0.508 e. The first-order valence-corrected chi connectivity index (χ1v) is 11.2. The van der Waals surface area contributed by atoms with Gasteiger partial charge in [-0.05, 0) is 68.3 Å². The lowest BCUT2D eigenvalue weighted by atomic mass is 9.72. The molecule has 2 unspecified atom stereocenters. The van der Waals surface area contributed by atoms with Crippen molar-refractivity contribution in [3.8, 4) is 23.0 Å². The molecule has 0 aliphatic carbocycles. The van der Waals surface area contributed by atoms with Crippen LogP contribution in [-0.4, -0.2) is 29.9 Å². The van der Waals surface area contributed by atoms with Crippen LogP contribution < -0.4 is 14.2 Å². The van der Waals surface area contributed by atoms with Crippen LogP contribution in [0.1, 0.15) is 43.4 Å². The molecule has 2 atom stereocenters. The summed E-state index contributed by atoms with van der Waals surface area (Å²) in [6.45, 7) is 5.62. The zero-order valence-corrected chi connectivity index (χ0v) is 19.9. The van der Waals surface area contributed by atoms with Gasteiger partial charge in [-0.2, -0.15) is 0 Å². The highest BCUT2D eigenvalue weighted by Crippen LogP contribution is 2.48. The normalized spacial score (nSPS) is 19.6. The summed E-state index contributed by atoms with van der Waals surface area (Å²) < 4.78 is 16.9. The predicted molar refractivity (Wildman–Crippen MR) is 128 cm³/mol. The number of hydrogen-bond donors (Lipinski definition) is 2. The summed E-state index contributed by atoms with van der Waals surface area (Å²) in [6, 6.07) is 19.5. The average Bonchev–Trinajstić information content (AvgIpc) is 2.80. The molecule has 6 heteroatoms. The van der Waals surface area contributed by atoms with E-state index in [9.17, 15) is 15.0 Å². The molecule has 4 rings (SSSR count). The first-order chi connectivity index (χ1) is 16.1. The molecule has 0 amide bonds. The Morgan fingerprint density at radius 3 is 2.29 bits per heavy atom. The van der Waals surface area contributed by atoms with Crippen LogP contribution in [0.15, 0.2) is 66.7 Å². The number of aliphatic hydroxyl groups is 1. The molecule has 6 nitrogen and oxygen atoms in total. The van der Waals surface area contributed by atoms with Crippen LogP contribution in [0.5, 0.6) is 23.0 Å². The predicted octanol–water partition coefficient (Wildman–Crippen LogP) is 4.96. The Kier molecular flexibility index (Phi) is 6.28. The number of carbonyl (C=O) groups is 1. The quantitative estimate of drug-likeness (QED) is 0.412. The first kappa shape index (κ1) is 23.6. The number of aromatic hydroxyl groups is 1. The van der Waals surface area contributed by atoms with Crippen LogP contribution in [0.2, 0.25) is 0 Å². The Morgan fingerprint density at radius 1 is 1.03 bits per heavy atom. The molecular formula is C28H30O6. The van der Waals surface area contributed by atoms with Gasteiger partial charge in [-0.1, -0.05) is 24.3 Å². The Morgan fingerprint density at radius 2 is 1.68 bits per heavy atom. The van der Waals surface area contributed by atoms with Crippen molar-refractivity contribution < 1.29 is 29.2 Å². The highest BCUT2D eigenvalue weighted by Gasteiger charge is 2.45. The van der Waals surface area contributed by atoms with Gasteiger partial charge in [0.2, 0.25) is 0 Å². The van der Waals surface area contributed by atoms with Gasteiger partial charge in [0.1, 0.15) is 28.6 Å². The van der Waals surface area contributed by atoms with Crippen molar-refractivity contribution in [2.75, 3.05) is 13.7 Å². The lowest BCUT2D eigenvalue weighted by Gasteiger charge is -2.42. The molecule has 0 aromatic heterocycles. The van der Waals surface area contributed by atoms with Gasteiger partial charge < -0.3 is 24.4 Å². The van der Waals surface area contributed by atoms with Gasteiger partial charge in [0.25, 0.3) is 0 Å². The molecule has 0 saturated carbocycles. The fourth-order valence-corrected chi connectivity index (χ4v) is 4.15. The zero-order valence-electron chi connectivity index (χ0n) is 19.9. The Labute approximate surface area is 199 Å². The summed E-state index contributed by atoms with van der Waals surface area (Å²) in [7, 11) is 1.61. The number of fused-ring (bicyclic) bond motifs is 1. The molecule has 0 radical (unpaired) electrons. The fraction of sp³-hybridized carbons (Fsp3) is 0.321. The van der Waals surface area contributed by atoms with E-state index in [-0.39, 0.29) is 24.2 Å². The van der Waals surface area contributed by atoms with Crippen molar-refractivity contribution in [2.24, 2.45) is 5.41 Å². The zero-order chi connectivity index (χ0) is 24.5. The summed E-state index contributed by atoms with van der Waals surface area (Å²) in [5.74, 6) is 1.04. The molecule has 1 aliphatic heterocycles. The van der Waals surface area contributed by atoms with E-state index in [4.69, 9.17) is 14.2 Å². The molecule has 3 aromatic rings. The molecular weight excluding hydrogens is 432 g/mol. The average molecular weight is 463 g/mol. The molecule has 0 fully saturated rings. The molecule has 0 saturated heterocycles. The van der Waals surface area contributed by atoms with Crippen molar-refractivity contribution in [3.63, 3.8) is 0 Å². The van der Waals surface area contributed by atoms with E-state index in [2.05, 4.69) is 0 Å². The number of methoxy groups -OCH3 is 1. The summed E-state index contributed by atoms with van der Waals surface area (Å²) in [5, 5.41) is 21.9. The SMILES string of the molecule is COc1ccc(C2COc3cc(OC(=O)C(C)(C)C)ccc3C2(O)Cc2ccc(O)cc2)cc1. The Bertz CT molecular complexity index is 1160. The molecule has 1 heterocycles. The van der Waals surface area contributed by atoms with Crippen LogP contribution in [0.25, 0.3) is 0 Å². The third-order valence-electron chi connectivity index (χ3n) is 6.15. The minimum absolute atomic E-state index is 0.167. The highest BCUT2D eigenvalue weighted by atomic mass is 16.5. The van der Waals surface area contributed by atoms with E-state index in [0.29, 0.717) is 23.5 Å². The lowest BCUT2D eigenvalue weighted by Crippen LogP contribution is -2.42. The number of hydrogen-bond acceptors (Lipinski definition) is 6. The Hall–Kier alpha value is -3.51. The van der Waals surface area contributed by atoms with E-state index >= 15 is 0 Å². The maximum Gasteiger partial charge on any atom is 0.316 e. The van der Waals surface area contributed by atoms with E-state index in [1.165, 1.54) is 0 Å². The minimum Gasteiger partial charge on any atom is -0.508 e. The van der Waals surface area contributed by atoms with Crippen molar-refractivity contribution in [2.45, 2.75) is 38.7 Å². The standard InChI is InChI=1S/C28H30O6/c1-27(2,3)26(30)34-22-13-14-23-25(15-22)33-17-24(19-7-11-21(32-4)12-8-19)28(23,31)16-18-5-9-20(29)10-6-18/h5-15,24,29,31H,16-17H2,1-4H3. The van der Waals surface area contributed by atoms with Crippen molar-refractivity contribution in [3.05, 3.63) is 83.4 Å². The summed E-state index contributed by atoms with van der Waals surface area (Å²) in [4.78, 5) is 12.3. The van der Waals surface area contributed by atoms with Crippen LogP contribution in [-0.2, 0) is 16.8 Å². The van der Waals surface area contributed by atoms with Crippen LogP contribution in [0, 0.1) is 5.41 Å². The second-order valence-corrected chi connectivity index (χ2v) is 9.70. The number of phenolic OH excluding ortho intramolecular Hbond substituents is 1. The van der Waals surface area contributed by atoms with E-state index in [1.54, 1.807) is 70.3 Å². The van der Waals surface area contributed by atoms with Crippen LogP contribution in [0.3, 0.4) is 0 Å². The van der Waals surface area contributed by atoms with Crippen molar-refractivity contribution in [1.82, 2.24) is 0 Å². The number of rotatable bonds is 5. The van der Waals surface area contributed by atoms with Gasteiger partial charge in [-0.15, -0.1) is 0 Å². The number of carbonyl (C=O) groups excluding carboxylic acids is 1. The second kappa shape index (κ2) is 9.03. The van der Waals surface area contributed by atoms with Crippen molar-refractivity contribution >= 4 is 5.97 Å². The molecule has 178 valence electrons. The van der Waals surface area contributed by atoms with Gasteiger partial charge in [-0.25, -0.2) is 0 Å². The van der Waals surface area contributed by atoms with E-state index < -0.39 is 11.0 Å². The summed E-state index contributed by atoms with van der Waals surface area (Å²) >= 11 is 0. The molecule has 0 spiro atoms. The van der Waals surface area contributed by atoms with E-state index in [1.807, 2.05) is 24.3 Å². The summed E-state index contributed by atoms with van der Waals surface area (Å²) in [6.07, 6.45) is 0.307. The number of phenols is 1. The number of esters is 1. The third kappa shape index (κ3) is 4.73. The maximum atomic E-state index is 12.3. The highest BCUT2D eigenvalue weighted by molar-refractivity contribution is 5.78. The van der Waals surface area contributed by atoms with Gasteiger partial charge in [0, 0.05) is 18.1 Å². The van der Waals surface area contributed by atoms with Crippen molar-refractivity contribution in [1.29, 1.82) is 0 Å². The van der Waals surface area contributed by atoms with Gasteiger partial charge >= 0.3 is 5.97 Å². The van der Waals surface area contributed by atoms with Crippen LogP contribution in [0.4, 0.5) is 0 Å². The van der Waals surface area contributed by atoms with Crippen LogP contribution >= 0.6 is 0 Å². The molecule has 1 aliphatic rings. The smallest absolute Gasteiger partial charge is 0.316 e. The molecule has 34 heavy (non-hydrogen) atoms. The van der Waals surface area contributed by atoms with Gasteiger partial charge in [0.15, 0.2) is 0 Å².